The number of hydrogen-bond acceptors (Lipinski definition) is 3. The van der Waals surface area contributed by atoms with Gasteiger partial charge in [-0.1, -0.05) is 17.7 Å². The molecule has 0 atom stereocenters. The fraction of sp³-hybridized carbons (Fsp3) is 0.294. The van der Waals surface area contributed by atoms with E-state index in [2.05, 4.69) is 4.98 Å². The molecule has 0 spiro atoms. The molecule has 0 aliphatic rings. The second kappa shape index (κ2) is 6.99. The largest absolute Gasteiger partial charge is 0.330 e. The summed E-state index contributed by atoms with van der Waals surface area (Å²) in [5, 5.41) is 0. The first-order valence-electron chi connectivity index (χ1n) is 7.12. The van der Waals surface area contributed by atoms with Gasteiger partial charge in [0.05, 0.1) is 5.56 Å². The highest BCUT2D eigenvalue weighted by Gasteiger charge is 2.17. The number of anilines is 1. The van der Waals surface area contributed by atoms with Gasteiger partial charge in [0.15, 0.2) is 0 Å². The number of hydrogen-bond donors (Lipinski definition) is 1. The van der Waals surface area contributed by atoms with E-state index in [1.165, 1.54) is 5.56 Å². The normalized spacial score (nSPS) is 10.4. The van der Waals surface area contributed by atoms with Crippen molar-refractivity contribution in [1.82, 2.24) is 4.98 Å². The number of nitrogens with two attached hydrogens (primary N) is 1. The number of benzene rings is 1. The Labute approximate surface area is 125 Å². The summed E-state index contributed by atoms with van der Waals surface area (Å²) in [6.07, 6.45) is 4.12. The van der Waals surface area contributed by atoms with Gasteiger partial charge in [-0.15, -0.1) is 0 Å². The number of pyridine rings is 1. The lowest BCUT2D eigenvalue weighted by Crippen LogP contribution is -2.33. The zero-order valence-electron chi connectivity index (χ0n) is 12.5. The number of aryl methyl sites for hydroxylation is 2. The summed E-state index contributed by atoms with van der Waals surface area (Å²) >= 11 is 0. The van der Waals surface area contributed by atoms with Gasteiger partial charge in [0.1, 0.15) is 0 Å². The standard InChI is InChI=1S/C17H21N3O/c1-13-4-6-16(7-5-13)20(9-3-8-18)17(21)15-10-14(2)11-19-12-15/h4-7,10-12H,3,8-9,18H2,1-2H3. The monoisotopic (exact) mass is 283 g/mol. The second-order valence-electron chi connectivity index (χ2n) is 5.19. The molecule has 4 heteroatoms. The van der Waals surface area contributed by atoms with E-state index >= 15 is 0 Å². The van der Waals surface area contributed by atoms with Crippen LogP contribution in [0.2, 0.25) is 0 Å². The molecule has 2 rings (SSSR count). The molecular weight excluding hydrogens is 262 g/mol. The maximum absolute atomic E-state index is 12.7. The molecule has 4 nitrogen and oxygen atoms in total. The van der Waals surface area contributed by atoms with Crippen LogP contribution in [-0.4, -0.2) is 24.0 Å². The summed E-state index contributed by atoms with van der Waals surface area (Å²) in [6, 6.07) is 9.80. The van der Waals surface area contributed by atoms with Crippen molar-refractivity contribution in [3.05, 3.63) is 59.4 Å². The Hall–Kier alpha value is -2.20. The highest BCUT2D eigenvalue weighted by Crippen LogP contribution is 2.18. The molecule has 1 amide bonds. The molecule has 110 valence electrons. The van der Waals surface area contributed by atoms with Crippen LogP contribution in [0.25, 0.3) is 0 Å². The zero-order valence-corrected chi connectivity index (χ0v) is 12.5. The van der Waals surface area contributed by atoms with Gasteiger partial charge in [0, 0.05) is 24.6 Å². The molecule has 0 aliphatic carbocycles. The average Bonchev–Trinajstić information content (AvgIpc) is 2.49. The molecule has 21 heavy (non-hydrogen) atoms. The van der Waals surface area contributed by atoms with Crippen molar-refractivity contribution in [3.63, 3.8) is 0 Å². The third-order valence-electron chi connectivity index (χ3n) is 3.30. The quantitative estimate of drug-likeness (QED) is 0.917. The summed E-state index contributed by atoms with van der Waals surface area (Å²) in [7, 11) is 0. The first-order valence-corrected chi connectivity index (χ1v) is 7.12. The van der Waals surface area contributed by atoms with Crippen LogP contribution in [0, 0.1) is 13.8 Å². The third-order valence-corrected chi connectivity index (χ3v) is 3.30. The molecule has 0 saturated carbocycles. The zero-order chi connectivity index (χ0) is 15.2. The van der Waals surface area contributed by atoms with Gasteiger partial charge < -0.3 is 10.6 Å². The van der Waals surface area contributed by atoms with Crippen molar-refractivity contribution in [2.24, 2.45) is 5.73 Å². The van der Waals surface area contributed by atoms with E-state index in [1.807, 2.05) is 44.2 Å². The Kier molecular flexibility index (Phi) is 5.06. The third kappa shape index (κ3) is 3.89. The molecule has 0 radical (unpaired) electrons. The van der Waals surface area contributed by atoms with E-state index in [0.717, 1.165) is 17.7 Å². The van der Waals surface area contributed by atoms with E-state index < -0.39 is 0 Å². The molecular formula is C17H21N3O. The predicted octanol–water partition coefficient (Wildman–Crippen LogP) is 2.69. The van der Waals surface area contributed by atoms with E-state index in [4.69, 9.17) is 5.73 Å². The van der Waals surface area contributed by atoms with Crippen LogP contribution in [0.15, 0.2) is 42.7 Å². The van der Waals surface area contributed by atoms with Crippen molar-refractivity contribution >= 4 is 11.6 Å². The van der Waals surface area contributed by atoms with Crippen LogP contribution in [0.5, 0.6) is 0 Å². The Bertz CT molecular complexity index is 608. The van der Waals surface area contributed by atoms with Crippen LogP contribution in [0.3, 0.4) is 0 Å². The number of aromatic nitrogens is 1. The summed E-state index contributed by atoms with van der Waals surface area (Å²) in [5.74, 6) is -0.0384. The summed E-state index contributed by atoms with van der Waals surface area (Å²) in [5.41, 5.74) is 9.23. The molecule has 0 aliphatic heterocycles. The minimum absolute atomic E-state index is 0.0384. The van der Waals surface area contributed by atoms with Gasteiger partial charge in [-0.3, -0.25) is 9.78 Å². The van der Waals surface area contributed by atoms with Gasteiger partial charge in [-0.25, -0.2) is 0 Å². The van der Waals surface area contributed by atoms with Crippen molar-refractivity contribution in [1.29, 1.82) is 0 Å². The van der Waals surface area contributed by atoms with Crippen LogP contribution < -0.4 is 10.6 Å². The van der Waals surface area contributed by atoms with Crippen molar-refractivity contribution < 1.29 is 4.79 Å². The van der Waals surface area contributed by atoms with E-state index in [9.17, 15) is 4.79 Å². The van der Waals surface area contributed by atoms with Crippen LogP contribution in [0.4, 0.5) is 5.69 Å². The minimum Gasteiger partial charge on any atom is -0.330 e. The molecule has 2 N–H and O–H groups in total. The number of nitrogens with zero attached hydrogens (tertiary/aromatic N) is 2. The molecule has 1 aromatic carbocycles. The average molecular weight is 283 g/mol. The molecule has 0 saturated heterocycles. The van der Waals surface area contributed by atoms with Crippen molar-refractivity contribution in [3.8, 4) is 0 Å². The first-order chi connectivity index (χ1) is 10.1. The van der Waals surface area contributed by atoms with Crippen LogP contribution >= 0.6 is 0 Å². The highest BCUT2D eigenvalue weighted by atomic mass is 16.2. The number of rotatable bonds is 5. The molecule has 0 unspecified atom stereocenters. The summed E-state index contributed by atoms with van der Waals surface area (Å²) in [6.45, 7) is 5.12. The Morgan fingerprint density at radius 2 is 1.86 bits per heavy atom. The number of amides is 1. The van der Waals surface area contributed by atoms with Crippen LogP contribution in [-0.2, 0) is 0 Å². The Morgan fingerprint density at radius 3 is 2.48 bits per heavy atom. The summed E-state index contributed by atoms with van der Waals surface area (Å²) < 4.78 is 0. The Morgan fingerprint density at radius 1 is 1.14 bits per heavy atom. The second-order valence-corrected chi connectivity index (χ2v) is 5.19. The topological polar surface area (TPSA) is 59.2 Å². The fourth-order valence-electron chi connectivity index (χ4n) is 2.15. The lowest BCUT2D eigenvalue weighted by atomic mass is 10.1. The van der Waals surface area contributed by atoms with E-state index in [1.54, 1.807) is 17.3 Å². The maximum atomic E-state index is 12.7. The number of carbonyl (C=O) groups excluding carboxylic acids is 1. The highest BCUT2D eigenvalue weighted by molar-refractivity contribution is 6.06. The van der Waals surface area contributed by atoms with Crippen molar-refractivity contribution in [2.75, 3.05) is 18.0 Å². The van der Waals surface area contributed by atoms with Gasteiger partial charge in [0.2, 0.25) is 0 Å². The number of carbonyl (C=O) groups is 1. The molecule has 1 heterocycles. The molecule has 0 bridgehead atoms. The lowest BCUT2D eigenvalue weighted by molar-refractivity contribution is 0.0986. The smallest absolute Gasteiger partial charge is 0.259 e. The van der Waals surface area contributed by atoms with E-state index in [-0.39, 0.29) is 5.91 Å². The maximum Gasteiger partial charge on any atom is 0.259 e. The minimum atomic E-state index is -0.0384. The fourth-order valence-corrected chi connectivity index (χ4v) is 2.15. The first kappa shape index (κ1) is 15.2. The SMILES string of the molecule is Cc1ccc(N(CCCN)C(=O)c2cncc(C)c2)cc1. The molecule has 0 fully saturated rings. The van der Waals surface area contributed by atoms with Crippen molar-refractivity contribution in [2.45, 2.75) is 20.3 Å². The van der Waals surface area contributed by atoms with Gasteiger partial charge >= 0.3 is 0 Å². The molecule has 2 aromatic rings. The molecule has 1 aromatic heterocycles. The summed E-state index contributed by atoms with van der Waals surface area (Å²) in [4.78, 5) is 18.6. The lowest BCUT2D eigenvalue weighted by Gasteiger charge is -2.23. The van der Waals surface area contributed by atoms with E-state index in [0.29, 0.717) is 18.7 Å². The van der Waals surface area contributed by atoms with Gasteiger partial charge in [0.25, 0.3) is 5.91 Å². The van der Waals surface area contributed by atoms with Crippen LogP contribution in [0.1, 0.15) is 27.9 Å². The van der Waals surface area contributed by atoms with Gasteiger partial charge in [-0.2, -0.15) is 0 Å². The Balaban J connectivity index is 2.31. The predicted molar refractivity (Wildman–Crippen MR) is 85.5 cm³/mol. The van der Waals surface area contributed by atoms with Gasteiger partial charge in [-0.05, 0) is 50.6 Å².